The van der Waals surface area contributed by atoms with E-state index in [1.54, 1.807) is 33.9 Å². The quantitative estimate of drug-likeness (QED) is 0.401. The highest BCUT2D eigenvalue weighted by Gasteiger charge is 2.44. The van der Waals surface area contributed by atoms with Gasteiger partial charge in [-0.2, -0.15) is 0 Å². The second kappa shape index (κ2) is 11.1. The molecule has 37 heavy (non-hydrogen) atoms. The molecule has 0 spiro atoms. The number of likely N-dealkylation sites (N-methyl/N-ethyl adjacent to an activating group) is 1. The van der Waals surface area contributed by atoms with Gasteiger partial charge in [0.2, 0.25) is 5.91 Å². The number of nitrogens with zero attached hydrogens (tertiary/aromatic N) is 2. The van der Waals surface area contributed by atoms with Crippen LogP contribution in [0.25, 0.3) is 0 Å². The molecule has 10 nitrogen and oxygen atoms in total. The first-order valence-corrected chi connectivity index (χ1v) is 15.5. The van der Waals surface area contributed by atoms with E-state index in [9.17, 15) is 19.5 Å². The molecule has 2 rings (SSSR count). The average Bonchev–Trinajstić information content (AvgIpc) is 2.72. The molecule has 1 aromatic rings. The Bertz CT molecular complexity index is 1040. The fourth-order valence-electron chi connectivity index (χ4n) is 3.86. The van der Waals surface area contributed by atoms with E-state index in [-0.39, 0.29) is 27.4 Å². The minimum absolute atomic E-state index is 0.0876. The predicted molar refractivity (Wildman–Crippen MR) is 148 cm³/mol. The predicted octanol–water partition coefficient (Wildman–Crippen LogP) is 5.36. The maximum atomic E-state index is 12.4. The summed E-state index contributed by atoms with van der Waals surface area (Å²) >= 11 is 6.74. The van der Waals surface area contributed by atoms with Gasteiger partial charge in [-0.3, -0.25) is 10.1 Å². The van der Waals surface area contributed by atoms with Crippen molar-refractivity contribution in [1.29, 1.82) is 0 Å². The van der Waals surface area contributed by atoms with Crippen molar-refractivity contribution in [3.05, 3.63) is 22.7 Å². The Hall–Kier alpha value is -2.50. The number of amides is 3. The van der Waals surface area contributed by atoms with E-state index in [1.807, 2.05) is 4.90 Å². The second-order valence-corrected chi connectivity index (χ2v) is 17.1. The summed E-state index contributed by atoms with van der Waals surface area (Å²) in [6.07, 6.45) is -1.71. The molecule has 1 aromatic carbocycles. The number of carboxylic acid groups (broad SMARTS) is 1. The van der Waals surface area contributed by atoms with E-state index >= 15 is 0 Å². The van der Waals surface area contributed by atoms with Crippen LogP contribution < -0.4 is 16.0 Å². The topological polar surface area (TPSA) is 134 Å². The third-order valence-corrected chi connectivity index (χ3v) is 11.8. The molecule has 0 aromatic heterocycles. The first-order chi connectivity index (χ1) is 16.7. The fraction of sp³-hybridized carbons (Fsp3) is 0.640. The number of anilines is 2. The van der Waals surface area contributed by atoms with Gasteiger partial charge in [0.25, 0.3) is 0 Å². The van der Waals surface area contributed by atoms with Gasteiger partial charge in [-0.25, -0.2) is 9.59 Å². The largest absolute Gasteiger partial charge is 0.465 e. The Morgan fingerprint density at radius 3 is 2.27 bits per heavy atom. The van der Waals surface area contributed by atoms with Gasteiger partial charge in [0, 0.05) is 25.7 Å². The summed E-state index contributed by atoms with van der Waals surface area (Å²) in [5.41, 5.74) is 5.70. The Morgan fingerprint density at radius 2 is 1.78 bits per heavy atom. The minimum atomic E-state index is -2.27. The summed E-state index contributed by atoms with van der Waals surface area (Å²) in [6, 6.07) is 2.63. The third kappa shape index (κ3) is 7.75. The van der Waals surface area contributed by atoms with Crippen LogP contribution in [0.15, 0.2) is 12.1 Å². The number of nitrogens with two attached hydrogens (primary N) is 1. The van der Waals surface area contributed by atoms with Crippen LogP contribution in [0.2, 0.25) is 23.2 Å². The average molecular weight is 557 g/mol. The van der Waals surface area contributed by atoms with Crippen molar-refractivity contribution in [2.24, 2.45) is 5.73 Å². The van der Waals surface area contributed by atoms with E-state index in [0.717, 1.165) is 0 Å². The van der Waals surface area contributed by atoms with Gasteiger partial charge in [-0.1, -0.05) is 32.4 Å². The maximum Gasteiger partial charge on any atom is 0.412 e. The Labute approximate surface area is 225 Å². The number of nitrogens with one attached hydrogen (secondary N) is 1. The van der Waals surface area contributed by atoms with Crippen LogP contribution in [0.3, 0.4) is 0 Å². The fourth-order valence-corrected chi connectivity index (χ4v) is 5.48. The summed E-state index contributed by atoms with van der Waals surface area (Å²) in [5, 5.41) is 12.4. The SMILES string of the molecule is CN(C(=O)O)[C@H]1CCN(c2cc(C(N)=O)cc(NC(=O)OC(C)(C)C)c2Cl)C[C@H]1O[Si](C)(C)C(C)(C)C. The number of primary amides is 1. The monoisotopic (exact) mass is 556 g/mol. The molecule has 0 unspecified atom stereocenters. The molecule has 2 atom stereocenters. The van der Waals surface area contributed by atoms with Crippen molar-refractivity contribution in [3.8, 4) is 0 Å². The van der Waals surface area contributed by atoms with Crippen LogP contribution >= 0.6 is 11.6 Å². The van der Waals surface area contributed by atoms with Gasteiger partial charge >= 0.3 is 12.2 Å². The summed E-state index contributed by atoms with van der Waals surface area (Å²) in [5.74, 6) is -0.681. The highest BCUT2D eigenvalue weighted by molar-refractivity contribution is 6.74. The number of hydrogen-bond donors (Lipinski definition) is 3. The van der Waals surface area contributed by atoms with Crippen molar-refractivity contribution in [2.45, 2.75) is 83.8 Å². The molecular weight excluding hydrogens is 516 g/mol. The molecule has 0 aliphatic carbocycles. The molecule has 1 fully saturated rings. The molecule has 4 N–H and O–H groups in total. The number of benzene rings is 1. The molecule has 0 bridgehead atoms. The molecule has 1 aliphatic rings. The number of carbonyl (C=O) groups is 3. The number of carbonyl (C=O) groups excluding carboxylic acids is 2. The molecule has 208 valence electrons. The molecular formula is C25H41ClN4O6Si. The summed E-state index contributed by atoms with van der Waals surface area (Å²) in [7, 11) is -0.720. The maximum absolute atomic E-state index is 12.4. The molecule has 0 radical (unpaired) electrons. The van der Waals surface area contributed by atoms with E-state index in [2.05, 4.69) is 39.2 Å². The van der Waals surface area contributed by atoms with Crippen LogP contribution in [0.1, 0.15) is 58.3 Å². The lowest BCUT2D eigenvalue weighted by Gasteiger charge is -2.47. The van der Waals surface area contributed by atoms with Crippen molar-refractivity contribution in [3.63, 3.8) is 0 Å². The van der Waals surface area contributed by atoms with Gasteiger partial charge in [-0.05, 0) is 57.5 Å². The molecule has 12 heteroatoms. The first-order valence-electron chi connectivity index (χ1n) is 12.3. The zero-order valence-corrected chi connectivity index (χ0v) is 25.0. The van der Waals surface area contributed by atoms with Gasteiger partial charge in [0.05, 0.1) is 28.5 Å². The number of piperidine rings is 1. The molecule has 0 saturated carbocycles. The summed E-state index contributed by atoms with van der Waals surface area (Å²) in [6.45, 7) is 16.6. The Kier molecular flexibility index (Phi) is 9.20. The molecule has 1 aliphatic heterocycles. The van der Waals surface area contributed by atoms with Gasteiger partial charge < -0.3 is 29.8 Å². The first kappa shape index (κ1) is 30.7. The zero-order chi connectivity index (χ0) is 28.5. The molecule has 1 heterocycles. The lowest BCUT2D eigenvalue weighted by Crippen LogP contribution is -2.59. The van der Waals surface area contributed by atoms with Gasteiger partial charge in [-0.15, -0.1) is 0 Å². The van der Waals surface area contributed by atoms with E-state index in [4.69, 9.17) is 26.5 Å². The highest BCUT2D eigenvalue weighted by Crippen LogP contribution is 2.41. The van der Waals surface area contributed by atoms with Crippen LogP contribution in [0.5, 0.6) is 0 Å². The number of halogens is 1. The number of ether oxygens (including phenoxy) is 1. The normalized spacial score (nSPS) is 18.8. The van der Waals surface area contributed by atoms with Crippen LogP contribution in [-0.2, 0) is 9.16 Å². The standard InChI is InChI=1S/C25H41ClN4O6Si/c1-24(2,3)35-22(32)28-16-12-15(21(27)31)13-18(20(16)26)30-11-10-17(29(7)23(33)34)19(14-30)36-37(8,9)25(4,5)6/h12-13,17,19H,10-11,14H2,1-9H3,(H2,27,31)(H,28,32)(H,33,34)/t17-,19+/m0/s1. The van der Waals surface area contributed by atoms with E-state index in [0.29, 0.717) is 25.2 Å². The van der Waals surface area contributed by atoms with Gasteiger partial charge in [0.1, 0.15) is 5.60 Å². The van der Waals surface area contributed by atoms with Crippen LogP contribution in [-0.4, -0.2) is 74.3 Å². The number of rotatable bonds is 6. The van der Waals surface area contributed by atoms with Crippen molar-refractivity contribution in [1.82, 2.24) is 4.90 Å². The van der Waals surface area contributed by atoms with Crippen LogP contribution in [0, 0.1) is 0 Å². The lowest BCUT2D eigenvalue weighted by atomic mass is 9.99. The lowest BCUT2D eigenvalue weighted by molar-refractivity contribution is 0.0561. The van der Waals surface area contributed by atoms with Crippen molar-refractivity contribution in [2.75, 3.05) is 30.4 Å². The summed E-state index contributed by atoms with van der Waals surface area (Å²) < 4.78 is 12.0. The Balaban J connectivity index is 2.48. The third-order valence-electron chi connectivity index (χ3n) is 6.89. The zero-order valence-electron chi connectivity index (χ0n) is 23.3. The summed E-state index contributed by atoms with van der Waals surface area (Å²) in [4.78, 5) is 39.6. The smallest absolute Gasteiger partial charge is 0.412 e. The number of hydrogen-bond acceptors (Lipinski definition) is 6. The van der Waals surface area contributed by atoms with Crippen LogP contribution in [0.4, 0.5) is 21.0 Å². The van der Waals surface area contributed by atoms with Gasteiger partial charge in [0.15, 0.2) is 8.32 Å². The van der Waals surface area contributed by atoms with E-state index in [1.165, 1.54) is 11.0 Å². The molecule has 3 amide bonds. The molecule has 1 saturated heterocycles. The van der Waals surface area contributed by atoms with Crippen molar-refractivity contribution < 1.29 is 28.7 Å². The van der Waals surface area contributed by atoms with Crippen molar-refractivity contribution >= 4 is 49.4 Å². The van der Waals surface area contributed by atoms with E-state index < -0.39 is 38.1 Å². The second-order valence-electron chi connectivity index (χ2n) is 12.0. The Morgan fingerprint density at radius 1 is 1.19 bits per heavy atom. The minimum Gasteiger partial charge on any atom is -0.465 e. The highest BCUT2D eigenvalue weighted by atomic mass is 35.5.